The molecule has 0 radical (unpaired) electrons. The lowest BCUT2D eigenvalue weighted by Gasteiger charge is -2.21. The Morgan fingerprint density at radius 1 is 1.42 bits per heavy atom. The number of methoxy groups -OCH3 is 1. The Morgan fingerprint density at radius 3 is 2.84 bits per heavy atom. The molecular weight excluding hydrogens is 242 g/mol. The fraction of sp³-hybridized carbons (Fsp3) is 0.286. The highest BCUT2D eigenvalue weighted by Gasteiger charge is 2.26. The molecule has 2 aromatic rings. The zero-order chi connectivity index (χ0) is 13.9. The summed E-state index contributed by atoms with van der Waals surface area (Å²) in [6, 6.07) is 7.55. The van der Waals surface area contributed by atoms with Gasteiger partial charge in [0.25, 0.3) is 5.91 Å². The first-order valence-corrected chi connectivity index (χ1v) is 5.98. The standard InChI is InChI=1S/C14H17N3O2/c1-14(2,19-3)13(18)17-11-6-4-5-10(7-11)12-8-15-9-16-12/h4-9H,1-3H3,(H,15,16)(H,17,18). The van der Waals surface area contributed by atoms with Gasteiger partial charge in [-0.3, -0.25) is 4.79 Å². The van der Waals surface area contributed by atoms with Gasteiger partial charge in [-0.15, -0.1) is 0 Å². The van der Waals surface area contributed by atoms with Crippen molar-refractivity contribution in [3.8, 4) is 11.3 Å². The van der Waals surface area contributed by atoms with Crippen molar-refractivity contribution in [2.45, 2.75) is 19.4 Å². The van der Waals surface area contributed by atoms with Crippen LogP contribution < -0.4 is 5.32 Å². The van der Waals surface area contributed by atoms with Crippen LogP contribution in [0.15, 0.2) is 36.8 Å². The third-order valence-corrected chi connectivity index (χ3v) is 2.99. The van der Waals surface area contributed by atoms with Gasteiger partial charge in [0.1, 0.15) is 5.60 Å². The van der Waals surface area contributed by atoms with E-state index in [4.69, 9.17) is 4.74 Å². The van der Waals surface area contributed by atoms with Crippen molar-refractivity contribution in [1.29, 1.82) is 0 Å². The number of nitrogens with one attached hydrogen (secondary N) is 2. The number of ether oxygens (including phenoxy) is 1. The Morgan fingerprint density at radius 2 is 2.21 bits per heavy atom. The van der Waals surface area contributed by atoms with Crippen molar-refractivity contribution in [2.24, 2.45) is 0 Å². The number of rotatable bonds is 4. The summed E-state index contributed by atoms with van der Waals surface area (Å²) in [5.74, 6) is -0.184. The number of carbonyl (C=O) groups is 1. The molecule has 1 heterocycles. The number of anilines is 1. The second-order valence-electron chi connectivity index (χ2n) is 4.71. The molecule has 1 aromatic heterocycles. The lowest BCUT2D eigenvalue weighted by molar-refractivity contribution is -0.133. The van der Waals surface area contributed by atoms with Crippen LogP contribution >= 0.6 is 0 Å². The first-order valence-electron chi connectivity index (χ1n) is 5.98. The molecule has 0 bridgehead atoms. The van der Waals surface area contributed by atoms with Crippen LogP contribution in [-0.2, 0) is 9.53 Å². The van der Waals surface area contributed by atoms with E-state index in [-0.39, 0.29) is 5.91 Å². The molecule has 0 aliphatic rings. The molecule has 1 aromatic carbocycles. The van der Waals surface area contributed by atoms with Crippen molar-refractivity contribution in [3.63, 3.8) is 0 Å². The molecule has 5 heteroatoms. The molecule has 0 saturated carbocycles. The Kier molecular flexibility index (Phi) is 3.66. The molecule has 100 valence electrons. The minimum absolute atomic E-state index is 0.184. The van der Waals surface area contributed by atoms with Gasteiger partial charge in [-0.05, 0) is 26.0 Å². The van der Waals surface area contributed by atoms with Crippen LogP contribution in [0.25, 0.3) is 11.3 Å². The van der Waals surface area contributed by atoms with Crippen LogP contribution in [0.5, 0.6) is 0 Å². The van der Waals surface area contributed by atoms with E-state index in [1.807, 2.05) is 24.3 Å². The highest BCUT2D eigenvalue weighted by molar-refractivity contribution is 5.97. The number of benzene rings is 1. The highest BCUT2D eigenvalue weighted by atomic mass is 16.5. The number of imidazole rings is 1. The normalized spacial score (nSPS) is 11.3. The topological polar surface area (TPSA) is 67.0 Å². The highest BCUT2D eigenvalue weighted by Crippen LogP contribution is 2.21. The zero-order valence-electron chi connectivity index (χ0n) is 11.2. The molecule has 0 spiro atoms. The van der Waals surface area contributed by atoms with Crippen LogP contribution in [0.1, 0.15) is 13.8 Å². The smallest absolute Gasteiger partial charge is 0.256 e. The molecule has 0 aliphatic carbocycles. The molecule has 0 saturated heterocycles. The lowest BCUT2D eigenvalue weighted by Crippen LogP contribution is -2.38. The van der Waals surface area contributed by atoms with Gasteiger partial charge in [-0.2, -0.15) is 0 Å². The number of H-pyrrole nitrogens is 1. The molecule has 1 amide bonds. The van der Waals surface area contributed by atoms with Gasteiger partial charge in [-0.25, -0.2) is 4.98 Å². The molecule has 0 aliphatic heterocycles. The van der Waals surface area contributed by atoms with Crippen LogP contribution in [0.2, 0.25) is 0 Å². The maximum absolute atomic E-state index is 12.0. The van der Waals surface area contributed by atoms with Crippen molar-refractivity contribution in [1.82, 2.24) is 9.97 Å². The van der Waals surface area contributed by atoms with Crippen molar-refractivity contribution < 1.29 is 9.53 Å². The number of nitrogens with zero attached hydrogens (tertiary/aromatic N) is 1. The largest absolute Gasteiger partial charge is 0.369 e. The van der Waals surface area contributed by atoms with Crippen LogP contribution in [-0.4, -0.2) is 28.6 Å². The fourth-order valence-corrected chi connectivity index (χ4v) is 1.55. The first kappa shape index (κ1) is 13.3. The summed E-state index contributed by atoms with van der Waals surface area (Å²) in [7, 11) is 1.51. The Labute approximate surface area is 112 Å². The minimum atomic E-state index is -0.857. The summed E-state index contributed by atoms with van der Waals surface area (Å²) in [4.78, 5) is 19.0. The predicted molar refractivity (Wildman–Crippen MR) is 73.7 cm³/mol. The fourth-order valence-electron chi connectivity index (χ4n) is 1.55. The Bertz CT molecular complexity index is 562. The molecule has 0 atom stereocenters. The van der Waals surface area contributed by atoms with Gasteiger partial charge < -0.3 is 15.0 Å². The van der Waals surface area contributed by atoms with Gasteiger partial charge in [0.05, 0.1) is 18.2 Å². The average molecular weight is 259 g/mol. The van der Waals surface area contributed by atoms with Gasteiger partial charge >= 0.3 is 0 Å². The molecule has 0 fully saturated rings. The van der Waals surface area contributed by atoms with E-state index in [0.29, 0.717) is 0 Å². The van der Waals surface area contributed by atoms with E-state index >= 15 is 0 Å². The summed E-state index contributed by atoms with van der Waals surface area (Å²) in [5.41, 5.74) is 1.74. The van der Waals surface area contributed by atoms with Crippen molar-refractivity contribution >= 4 is 11.6 Å². The summed E-state index contributed by atoms with van der Waals surface area (Å²) in [5, 5.41) is 2.84. The van der Waals surface area contributed by atoms with E-state index in [1.54, 1.807) is 26.4 Å². The molecule has 19 heavy (non-hydrogen) atoms. The summed E-state index contributed by atoms with van der Waals surface area (Å²) < 4.78 is 5.15. The minimum Gasteiger partial charge on any atom is -0.369 e. The maximum atomic E-state index is 12.0. The van der Waals surface area contributed by atoms with Gasteiger partial charge in [-0.1, -0.05) is 12.1 Å². The van der Waals surface area contributed by atoms with Crippen molar-refractivity contribution in [2.75, 3.05) is 12.4 Å². The van der Waals surface area contributed by atoms with Gasteiger partial charge in [0, 0.05) is 18.4 Å². The number of hydrogen-bond donors (Lipinski definition) is 2. The monoisotopic (exact) mass is 259 g/mol. The number of aromatic amines is 1. The number of carbonyl (C=O) groups excluding carboxylic acids is 1. The zero-order valence-corrected chi connectivity index (χ0v) is 11.2. The first-order chi connectivity index (χ1) is 9.03. The summed E-state index contributed by atoms with van der Waals surface area (Å²) >= 11 is 0. The SMILES string of the molecule is COC(C)(C)C(=O)Nc1cccc(-c2cnc[nH]2)c1. The van der Waals surface area contributed by atoms with Crippen LogP contribution in [0.4, 0.5) is 5.69 Å². The summed E-state index contributed by atoms with van der Waals surface area (Å²) in [6.07, 6.45) is 3.36. The quantitative estimate of drug-likeness (QED) is 0.886. The van der Waals surface area contributed by atoms with E-state index in [1.165, 1.54) is 7.11 Å². The van der Waals surface area contributed by atoms with Crippen LogP contribution in [0.3, 0.4) is 0 Å². The second kappa shape index (κ2) is 5.24. The van der Waals surface area contributed by atoms with E-state index in [9.17, 15) is 4.79 Å². The predicted octanol–water partition coefficient (Wildman–Crippen LogP) is 2.44. The summed E-state index contributed by atoms with van der Waals surface area (Å²) in [6.45, 7) is 3.45. The Balaban J connectivity index is 2.19. The van der Waals surface area contributed by atoms with E-state index in [2.05, 4.69) is 15.3 Å². The molecule has 0 unspecified atom stereocenters. The van der Waals surface area contributed by atoms with Gasteiger partial charge in [0.15, 0.2) is 0 Å². The molecular formula is C14H17N3O2. The van der Waals surface area contributed by atoms with Gasteiger partial charge in [0.2, 0.25) is 0 Å². The molecule has 5 nitrogen and oxygen atoms in total. The maximum Gasteiger partial charge on any atom is 0.256 e. The third-order valence-electron chi connectivity index (χ3n) is 2.99. The lowest BCUT2D eigenvalue weighted by atomic mass is 10.1. The molecule has 2 rings (SSSR count). The number of hydrogen-bond acceptors (Lipinski definition) is 3. The molecule has 2 N–H and O–H groups in total. The number of aromatic nitrogens is 2. The van der Waals surface area contributed by atoms with E-state index in [0.717, 1.165) is 16.9 Å². The van der Waals surface area contributed by atoms with Crippen LogP contribution in [0, 0.1) is 0 Å². The van der Waals surface area contributed by atoms with E-state index < -0.39 is 5.60 Å². The van der Waals surface area contributed by atoms with Crippen molar-refractivity contribution in [3.05, 3.63) is 36.8 Å². The number of amides is 1. The third kappa shape index (κ3) is 3.00. The average Bonchev–Trinajstić information content (AvgIpc) is 2.93. The second-order valence-corrected chi connectivity index (χ2v) is 4.71. The Hall–Kier alpha value is -2.14.